The van der Waals surface area contributed by atoms with Gasteiger partial charge in [-0.05, 0) is 37.5 Å². The number of nitrogens with zero attached hydrogens (tertiary/aromatic N) is 4. The van der Waals surface area contributed by atoms with Gasteiger partial charge in [0.05, 0.1) is 6.54 Å². The summed E-state index contributed by atoms with van der Waals surface area (Å²) in [6, 6.07) is 7.09. The molecule has 1 aromatic heterocycles. The minimum Gasteiger partial charge on any atom is -0.348 e. The number of halogens is 1. The van der Waals surface area contributed by atoms with Crippen LogP contribution in [-0.2, 0) is 19.5 Å². The van der Waals surface area contributed by atoms with Gasteiger partial charge in [-0.1, -0.05) is 17.7 Å². The van der Waals surface area contributed by atoms with E-state index in [1.165, 1.54) is 0 Å². The lowest BCUT2D eigenvalue weighted by atomic mass is 10.2. The second kappa shape index (κ2) is 7.86. The molecule has 1 unspecified atom stereocenters. The minimum absolute atomic E-state index is 0.00899. The number of hydrogen-bond acceptors (Lipinski definition) is 4. The monoisotopic (exact) mass is 389 g/mol. The third-order valence-electron chi connectivity index (χ3n) is 5.35. The molecule has 1 amide bonds. The fourth-order valence-electron chi connectivity index (χ4n) is 3.88. The average molecular weight is 390 g/mol. The molecule has 1 N–H and O–H groups in total. The smallest absolute Gasteiger partial charge is 0.345 e. The van der Waals surface area contributed by atoms with Crippen molar-refractivity contribution in [2.24, 2.45) is 0 Å². The van der Waals surface area contributed by atoms with Gasteiger partial charge in [0.2, 0.25) is 0 Å². The lowest BCUT2D eigenvalue weighted by Gasteiger charge is -2.16. The molecule has 2 aromatic rings. The largest absolute Gasteiger partial charge is 0.348 e. The van der Waals surface area contributed by atoms with Crippen molar-refractivity contribution >= 4 is 17.5 Å². The first-order chi connectivity index (χ1) is 13.1. The Morgan fingerprint density at radius 3 is 2.96 bits per heavy atom. The Labute approximate surface area is 162 Å². The molecule has 0 spiro atoms. The van der Waals surface area contributed by atoms with E-state index in [1.54, 1.807) is 28.9 Å². The van der Waals surface area contributed by atoms with Crippen LogP contribution in [0.5, 0.6) is 0 Å². The highest BCUT2D eigenvalue weighted by Crippen LogP contribution is 2.14. The predicted molar refractivity (Wildman–Crippen MR) is 103 cm³/mol. The maximum absolute atomic E-state index is 12.4. The molecule has 7 nitrogen and oxygen atoms in total. The standard InChI is InChI=1S/C19H24ClN5O2/c20-15-5-3-4-14(12-15)18(26)21-16-7-9-23(13-16)10-11-25-19(27)24-8-2-1-6-17(24)22-25/h3-5,12,16H,1-2,6-11,13H2,(H,21,26). The number of carbonyl (C=O) groups excluding carboxylic acids is 1. The number of aryl methyl sites for hydroxylation is 1. The van der Waals surface area contributed by atoms with Gasteiger partial charge in [-0.2, -0.15) is 5.10 Å². The Hall–Kier alpha value is -2.12. The first kappa shape index (κ1) is 18.3. The van der Waals surface area contributed by atoms with E-state index in [-0.39, 0.29) is 17.6 Å². The zero-order valence-corrected chi connectivity index (χ0v) is 16.0. The number of benzene rings is 1. The number of hydrogen-bond donors (Lipinski definition) is 1. The first-order valence-corrected chi connectivity index (χ1v) is 9.93. The molecule has 2 aliphatic heterocycles. The quantitative estimate of drug-likeness (QED) is 0.842. The summed E-state index contributed by atoms with van der Waals surface area (Å²) in [5, 5.41) is 8.12. The van der Waals surface area contributed by atoms with Crippen molar-refractivity contribution < 1.29 is 4.79 Å². The molecule has 0 radical (unpaired) electrons. The van der Waals surface area contributed by atoms with Crippen molar-refractivity contribution in [1.29, 1.82) is 0 Å². The van der Waals surface area contributed by atoms with Gasteiger partial charge in [-0.3, -0.25) is 14.3 Å². The highest BCUT2D eigenvalue weighted by Gasteiger charge is 2.25. The maximum Gasteiger partial charge on any atom is 0.345 e. The summed E-state index contributed by atoms with van der Waals surface area (Å²) >= 11 is 5.95. The van der Waals surface area contributed by atoms with Crippen molar-refractivity contribution in [1.82, 2.24) is 24.6 Å². The highest BCUT2D eigenvalue weighted by molar-refractivity contribution is 6.30. The Morgan fingerprint density at radius 1 is 1.26 bits per heavy atom. The average Bonchev–Trinajstić information content (AvgIpc) is 3.24. The first-order valence-electron chi connectivity index (χ1n) is 9.55. The predicted octanol–water partition coefficient (Wildman–Crippen LogP) is 1.54. The summed E-state index contributed by atoms with van der Waals surface area (Å²) in [6.45, 7) is 3.83. The second-order valence-electron chi connectivity index (χ2n) is 7.30. The molecule has 27 heavy (non-hydrogen) atoms. The van der Waals surface area contributed by atoms with E-state index < -0.39 is 0 Å². The van der Waals surface area contributed by atoms with E-state index in [2.05, 4.69) is 15.3 Å². The van der Waals surface area contributed by atoms with Crippen LogP contribution in [0.4, 0.5) is 0 Å². The number of rotatable bonds is 5. The van der Waals surface area contributed by atoms with E-state index in [0.717, 1.165) is 57.7 Å². The molecule has 1 aromatic carbocycles. The molecular weight excluding hydrogens is 366 g/mol. The fraction of sp³-hybridized carbons (Fsp3) is 0.526. The third-order valence-corrected chi connectivity index (χ3v) is 5.59. The van der Waals surface area contributed by atoms with E-state index in [9.17, 15) is 9.59 Å². The van der Waals surface area contributed by atoms with Crippen molar-refractivity contribution in [2.75, 3.05) is 19.6 Å². The second-order valence-corrected chi connectivity index (χ2v) is 7.74. The van der Waals surface area contributed by atoms with Gasteiger partial charge in [-0.15, -0.1) is 0 Å². The van der Waals surface area contributed by atoms with Crippen LogP contribution in [-0.4, -0.2) is 50.8 Å². The van der Waals surface area contributed by atoms with Crippen LogP contribution >= 0.6 is 11.6 Å². The SMILES string of the molecule is O=C(NC1CCN(CCn2nc3n(c2=O)CCCC3)C1)c1cccc(Cl)c1. The summed E-state index contributed by atoms with van der Waals surface area (Å²) in [5.74, 6) is 0.821. The van der Waals surface area contributed by atoms with E-state index in [1.807, 2.05) is 4.57 Å². The van der Waals surface area contributed by atoms with Gasteiger partial charge < -0.3 is 5.32 Å². The number of aromatic nitrogens is 3. The Balaban J connectivity index is 1.29. The van der Waals surface area contributed by atoms with Crippen molar-refractivity contribution in [3.63, 3.8) is 0 Å². The van der Waals surface area contributed by atoms with Gasteiger partial charge in [0.25, 0.3) is 5.91 Å². The number of nitrogens with one attached hydrogen (secondary N) is 1. The van der Waals surface area contributed by atoms with E-state index >= 15 is 0 Å². The lowest BCUT2D eigenvalue weighted by Crippen LogP contribution is -2.38. The molecule has 1 saturated heterocycles. The normalized spacial score (nSPS) is 19.8. The molecule has 0 aliphatic carbocycles. The Morgan fingerprint density at radius 2 is 2.15 bits per heavy atom. The summed E-state index contributed by atoms with van der Waals surface area (Å²) in [4.78, 5) is 27.0. The number of fused-ring (bicyclic) bond motifs is 1. The number of likely N-dealkylation sites (tertiary alicyclic amines) is 1. The minimum atomic E-state index is -0.0951. The van der Waals surface area contributed by atoms with E-state index in [0.29, 0.717) is 17.1 Å². The van der Waals surface area contributed by atoms with E-state index in [4.69, 9.17) is 11.6 Å². The van der Waals surface area contributed by atoms with Crippen molar-refractivity contribution in [3.05, 3.63) is 51.2 Å². The third kappa shape index (κ3) is 4.09. The summed E-state index contributed by atoms with van der Waals surface area (Å²) < 4.78 is 3.40. The summed E-state index contributed by atoms with van der Waals surface area (Å²) in [5.41, 5.74) is 0.589. The summed E-state index contributed by atoms with van der Waals surface area (Å²) in [7, 11) is 0. The molecule has 8 heteroatoms. The molecular formula is C19H24ClN5O2. The molecule has 2 aliphatic rings. The molecule has 3 heterocycles. The highest BCUT2D eigenvalue weighted by atomic mass is 35.5. The van der Waals surface area contributed by atoms with Gasteiger partial charge in [0.1, 0.15) is 5.82 Å². The van der Waals surface area contributed by atoms with Crippen LogP contribution in [0.3, 0.4) is 0 Å². The van der Waals surface area contributed by atoms with Crippen LogP contribution in [0.2, 0.25) is 5.02 Å². The van der Waals surface area contributed by atoms with Gasteiger partial charge in [0.15, 0.2) is 0 Å². The molecule has 0 saturated carbocycles. The molecule has 0 bridgehead atoms. The number of carbonyl (C=O) groups is 1. The van der Waals surface area contributed by atoms with Crippen LogP contribution in [0.25, 0.3) is 0 Å². The van der Waals surface area contributed by atoms with Crippen LogP contribution in [0.15, 0.2) is 29.1 Å². The molecule has 1 fully saturated rings. The zero-order chi connectivity index (χ0) is 18.8. The van der Waals surface area contributed by atoms with Crippen LogP contribution in [0, 0.1) is 0 Å². The Bertz CT molecular complexity index is 890. The van der Waals surface area contributed by atoms with Gasteiger partial charge >= 0.3 is 5.69 Å². The van der Waals surface area contributed by atoms with Crippen LogP contribution < -0.4 is 11.0 Å². The molecule has 1 atom stereocenters. The molecule has 144 valence electrons. The van der Waals surface area contributed by atoms with Gasteiger partial charge in [-0.25, -0.2) is 9.48 Å². The van der Waals surface area contributed by atoms with Crippen molar-refractivity contribution in [3.8, 4) is 0 Å². The number of amides is 1. The lowest BCUT2D eigenvalue weighted by molar-refractivity contribution is 0.0937. The summed E-state index contributed by atoms with van der Waals surface area (Å²) in [6.07, 6.45) is 3.96. The maximum atomic E-state index is 12.4. The molecule has 4 rings (SSSR count). The Kier molecular flexibility index (Phi) is 5.31. The van der Waals surface area contributed by atoms with Gasteiger partial charge in [0, 0.05) is 49.2 Å². The fourth-order valence-corrected chi connectivity index (χ4v) is 4.07. The van der Waals surface area contributed by atoms with Crippen molar-refractivity contribution in [2.45, 2.75) is 44.8 Å². The van der Waals surface area contributed by atoms with Crippen LogP contribution in [0.1, 0.15) is 35.4 Å². The zero-order valence-electron chi connectivity index (χ0n) is 15.2. The topological polar surface area (TPSA) is 72.2 Å².